The van der Waals surface area contributed by atoms with Crippen LogP contribution in [-0.4, -0.2) is 32.3 Å². The Kier molecular flexibility index (Phi) is 3.69. The van der Waals surface area contributed by atoms with Gasteiger partial charge in [0.25, 0.3) is 0 Å². The van der Waals surface area contributed by atoms with Crippen LogP contribution in [0.25, 0.3) is 0 Å². The maximum atomic E-state index is 12.3. The minimum atomic E-state index is -1.25. The molecule has 0 saturated carbocycles. The van der Waals surface area contributed by atoms with Crippen LogP contribution >= 0.6 is 0 Å². The van der Waals surface area contributed by atoms with Gasteiger partial charge in [-0.05, 0) is 33.6 Å². The molecule has 2 N–H and O–H groups in total. The number of amides is 1. The van der Waals surface area contributed by atoms with E-state index in [1.807, 2.05) is 0 Å². The summed E-state index contributed by atoms with van der Waals surface area (Å²) in [4.78, 5) is 27.3. The van der Waals surface area contributed by atoms with Crippen LogP contribution in [0.4, 0.5) is 10.6 Å². The van der Waals surface area contributed by atoms with Gasteiger partial charge in [0.05, 0.1) is 0 Å². The summed E-state index contributed by atoms with van der Waals surface area (Å²) in [5, 5.41) is 11.0. The molecule has 2 rings (SSSR count). The van der Waals surface area contributed by atoms with Gasteiger partial charge in [-0.3, -0.25) is 5.32 Å². The van der Waals surface area contributed by atoms with Gasteiger partial charge in [0.1, 0.15) is 11.4 Å². The number of hydrogen-bond donors (Lipinski definition) is 2. The highest BCUT2D eigenvalue weighted by Crippen LogP contribution is 2.25. The lowest BCUT2D eigenvalue weighted by molar-refractivity contribution is 0.00580. The largest absolute Gasteiger partial charge is 0.465 e. The molecule has 1 aromatic heterocycles. The van der Waals surface area contributed by atoms with Gasteiger partial charge in [0.15, 0.2) is 11.5 Å². The SMILES string of the molecule is CC(C)(C)OC(=O)c1c(NC(=O)O)nc2n1CCCC2. The third-order valence-electron chi connectivity index (χ3n) is 2.90. The van der Waals surface area contributed by atoms with E-state index in [0.717, 1.165) is 25.1 Å². The van der Waals surface area contributed by atoms with E-state index >= 15 is 0 Å². The maximum Gasteiger partial charge on any atom is 0.410 e. The van der Waals surface area contributed by atoms with E-state index in [4.69, 9.17) is 9.84 Å². The van der Waals surface area contributed by atoms with Gasteiger partial charge in [-0.2, -0.15) is 0 Å². The average Bonchev–Trinajstić information content (AvgIpc) is 2.63. The Hall–Kier alpha value is -2.05. The van der Waals surface area contributed by atoms with E-state index in [2.05, 4.69) is 10.3 Å². The maximum absolute atomic E-state index is 12.3. The molecule has 0 atom stereocenters. The topological polar surface area (TPSA) is 93.4 Å². The normalized spacial score (nSPS) is 14.6. The van der Waals surface area contributed by atoms with E-state index in [9.17, 15) is 9.59 Å². The molecule has 7 heteroatoms. The molecule has 0 spiro atoms. The second-order valence-corrected chi connectivity index (χ2v) is 5.77. The number of anilines is 1. The quantitative estimate of drug-likeness (QED) is 0.811. The summed E-state index contributed by atoms with van der Waals surface area (Å²) in [5.74, 6) is 0.228. The number of rotatable bonds is 2. The van der Waals surface area contributed by atoms with Crippen molar-refractivity contribution in [2.45, 2.75) is 52.2 Å². The molecule has 0 saturated heterocycles. The molecule has 0 aliphatic carbocycles. The molecule has 110 valence electrons. The summed E-state index contributed by atoms with van der Waals surface area (Å²) in [7, 11) is 0. The summed E-state index contributed by atoms with van der Waals surface area (Å²) in [6.07, 6.45) is 1.41. The molecule has 1 aliphatic heterocycles. The predicted molar refractivity (Wildman–Crippen MR) is 72.0 cm³/mol. The van der Waals surface area contributed by atoms with Crippen molar-refractivity contribution in [3.63, 3.8) is 0 Å². The molecule has 7 nitrogen and oxygen atoms in total. The number of imidazole rings is 1. The van der Waals surface area contributed by atoms with Crippen LogP contribution in [0.3, 0.4) is 0 Å². The fraction of sp³-hybridized carbons (Fsp3) is 0.615. The first kappa shape index (κ1) is 14.4. The van der Waals surface area contributed by atoms with Crippen molar-refractivity contribution in [3.05, 3.63) is 11.5 Å². The minimum absolute atomic E-state index is 0.0589. The van der Waals surface area contributed by atoms with E-state index < -0.39 is 17.7 Å². The Morgan fingerprint density at radius 3 is 2.65 bits per heavy atom. The van der Waals surface area contributed by atoms with E-state index in [1.165, 1.54) is 0 Å². The van der Waals surface area contributed by atoms with Gasteiger partial charge >= 0.3 is 12.1 Å². The van der Waals surface area contributed by atoms with Crippen molar-refractivity contribution >= 4 is 17.9 Å². The van der Waals surface area contributed by atoms with Gasteiger partial charge in [-0.25, -0.2) is 14.6 Å². The second-order valence-electron chi connectivity index (χ2n) is 5.77. The monoisotopic (exact) mass is 281 g/mol. The first-order chi connectivity index (χ1) is 9.28. The van der Waals surface area contributed by atoms with Crippen LogP contribution in [-0.2, 0) is 17.7 Å². The van der Waals surface area contributed by atoms with Gasteiger partial charge < -0.3 is 14.4 Å². The summed E-state index contributed by atoms with van der Waals surface area (Å²) >= 11 is 0. The molecular weight excluding hydrogens is 262 g/mol. The van der Waals surface area contributed by atoms with E-state index in [1.54, 1.807) is 25.3 Å². The summed E-state index contributed by atoms with van der Waals surface area (Å²) in [6, 6.07) is 0. The van der Waals surface area contributed by atoms with E-state index in [0.29, 0.717) is 6.54 Å². The predicted octanol–water partition coefficient (Wildman–Crippen LogP) is 2.26. The molecule has 20 heavy (non-hydrogen) atoms. The molecule has 0 aromatic carbocycles. The zero-order chi connectivity index (χ0) is 14.9. The number of fused-ring (bicyclic) bond motifs is 1. The summed E-state index contributed by atoms with van der Waals surface area (Å²) in [6.45, 7) is 5.95. The van der Waals surface area contributed by atoms with E-state index in [-0.39, 0.29) is 11.5 Å². The minimum Gasteiger partial charge on any atom is -0.465 e. The number of carbonyl (C=O) groups excluding carboxylic acids is 1. The molecule has 0 unspecified atom stereocenters. The van der Waals surface area contributed by atoms with Crippen molar-refractivity contribution in [2.24, 2.45) is 0 Å². The molecule has 0 bridgehead atoms. The van der Waals surface area contributed by atoms with Crippen molar-refractivity contribution in [2.75, 3.05) is 5.32 Å². The average molecular weight is 281 g/mol. The lowest BCUT2D eigenvalue weighted by Gasteiger charge is -2.21. The number of aryl methyl sites for hydroxylation is 1. The van der Waals surface area contributed by atoms with Crippen LogP contribution in [0.15, 0.2) is 0 Å². The van der Waals surface area contributed by atoms with Crippen molar-refractivity contribution in [1.29, 1.82) is 0 Å². The fourth-order valence-electron chi connectivity index (χ4n) is 2.21. The first-order valence-electron chi connectivity index (χ1n) is 6.60. The van der Waals surface area contributed by atoms with Crippen LogP contribution in [0.2, 0.25) is 0 Å². The van der Waals surface area contributed by atoms with Crippen molar-refractivity contribution < 1.29 is 19.4 Å². The Labute approximate surface area is 116 Å². The molecule has 2 heterocycles. The van der Waals surface area contributed by atoms with Crippen LogP contribution in [0, 0.1) is 0 Å². The third-order valence-corrected chi connectivity index (χ3v) is 2.90. The number of ether oxygens (including phenoxy) is 1. The smallest absolute Gasteiger partial charge is 0.410 e. The Morgan fingerprint density at radius 1 is 1.35 bits per heavy atom. The number of nitrogens with one attached hydrogen (secondary N) is 1. The lowest BCUT2D eigenvalue weighted by atomic mass is 10.1. The number of aromatic nitrogens is 2. The first-order valence-corrected chi connectivity index (χ1v) is 6.60. The Bertz CT molecular complexity index is 543. The molecule has 1 aliphatic rings. The van der Waals surface area contributed by atoms with Gasteiger partial charge in [0, 0.05) is 13.0 Å². The Balaban J connectivity index is 2.40. The molecular formula is C13H19N3O4. The van der Waals surface area contributed by atoms with Gasteiger partial charge in [-0.1, -0.05) is 0 Å². The standard InChI is InChI=1S/C13H19N3O4/c1-13(2,3)20-11(17)9-10(15-12(18)19)14-8-6-4-5-7-16(8)9/h15H,4-7H2,1-3H3,(H,18,19). The fourth-order valence-corrected chi connectivity index (χ4v) is 2.21. The zero-order valence-corrected chi connectivity index (χ0v) is 11.9. The Morgan fingerprint density at radius 2 is 2.05 bits per heavy atom. The molecule has 1 amide bonds. The van der Waals surface area contributed by atoms with Crippen molar-refractivity contribution in [3.8, 4) is 0 Å². The number of carboxylic acid groups (broad SMARTS) is 1. The van der Waals surface area contributed by atoms with Gasteiger partial charge in [-0.15, -0.1) is 0 Å². The molecule has 1 aromatic rings. The van der Waals surface area contributed by atoms with Crippen LogP contribution in [0.5, 0.6) is 0 Å². The number of nitrogens with zero attached hydrogens (tertiary/aromatic N) is 2. The third kappa shape index (κ3) is 3.09. The lowest BCUT2D eigenvalue weighted by Crippen LogP contribution is -2.27. The highest BCUT2D eigenvalue weighted by Gasteiger charge is 2.29. The summed E-state index contributed by atoms with van der Waals surface area (Å²) in [5.41, 5.74) is -0.450. The number of esters is 1. The summed E-state index contributed by atoms with van der Waals surface area (Å²) < 4.78 is 7.09. The molecule has 0 radical (unpaired) electrons. The second kappa shape index (κ2) is 5.15. The van der Waals surface area contributed by atoms with Crippen LogP contribution in [0.1, 0.15) is 49.9 Å². The highest BCUT2D eigenvalue weighted by molar-refractivity contribution is 5.97. The van der Waals surface area contributed by atoms with Crippen LogP contribution < -0.4 is 5.32 Å². The zero-order valence-electron chi connectivity index (χ0n) is 11.9. The van der Waals surface area contributed by atoms with Gasteiger partial charge in [0.2, 0.25) is 0 Å². The van der Waals surface area contributed by atoms with Crippen molar-refractivity contribution in [1.82, 2.24) is 9.55 Å². The highest BCUT2D eigenvalue weighted by atomic mass is 16.6. The number of hydrogen-bond acceptors (Lipinski definition) is 4. The molecule has 0 fully saturated rings. The number of carbonyl (C=O) groups is 2.